The Kier molecular flexibility index (Phi) is 4.94. The van der Waals surface area contributed by atoms with Crippen molar-refractivity contribution in [2.45, 2.75) is 58.9 Å². The van der Waals surface area contributed by atoms with Gasteiger partial charge in [-0.25, -0.2) is 0 Å². The summed E-state index contributed by atoms with van der Waals surface area (Å²) in [6, 6.07) is 0.707. The zero-order chi connectivity index (χ0) is 10.6. The highest BCUT2D eigenvalue weighted by Gasteiger charge is 2.21. The Morgan fingerprint density at radius 3 is 2.00 bits per heavy atom. The molecule has 84 valence electrons. The van der Waals surface area contributed by atoms with Gasteiger partial charge >= 0.3 is 0 Å². The fraction of sp³-hybridized carbons (Fsp3) is 1.00. The van der Waals surface area contributed by atoms with Gasteiger partial charge in [0.15, 0.2) is 0 Å². The van der Waals surface area contributed by atoms with Crippen molar-refractivity contribution in [1.29, 1.82) is 0 Å². The van der Waals surface area contributed by atoms with Crippen molar-refractivity contribution in [1.82, 2.24) is 4.90 Å². The van der Waals surface area contributed by atoms with Crippen LogP contribution in [0.25, 0.3) is 0 Å². The molecule has 1 heteroatoms. The summed E-state index contributed by atoms with van der Waals surface area (Å²) in [4.78, 5) is 2.50. The van der Waals surface area contributed by atoms with E-state index in [0.29, 0.717) is 6.04 Å². The number of hydrogen-bond donors (Lipinski definition) is 0. The summed E-state index contributed by atoms with van der Waals surface area (Å²) >= 11 is 0. The number of hydrogen-bond acceptors (Lipinski definition) is 1. The van der Waals surface area contributed by atoms with Crippen LogP contribution in [0, 0.1) is 11.8 Å². The average molecular weight is 197 g/mol. The highest BCUT2D eigenvalue weighted by Crippen LogP contribution is 2.30. The highest BCUT2D eigenvalue weighted by atomic mass is 15.1. The van der Waals surface area contributed by atoms with Crippen LogP contribution in [0.3, 0.4) is 0 Å². The summed E-state index contributed by atoms with van der Waals surface area (Å²) in [5.74, 6) is 2.01. The van der Waals surface area contributed by atoms with Crippen LogP contribution in [0.15, 0.2) is 0 Å². The molecule has 0 heterocycles. The second-order valence-corrected chi connectivity index (χ2v) is 5.33. The molecule has 1 aliphatic rings. The second-order valence-electron chi connectivity index (χ2n) is 5.33. The molecule has 1 rings (SSSR count). The summed E-state index contributed by atoms with van der Waals surface area (Å²) in [6.07, 6.45) is 7.29. The lowest BCUT2D eigenvalue weighted by atomic mass is 9.80. The fourth-order valence-corrected chi connectivity index (χ4v) is 2.44. The maximum absolute atomic E-state index is 2.50. The van der Waals surface area contributed by atoms with Crippen molar-refractivity contribution in [2.75, 3.05) is 13.6 Å². The van der Waals surface area contributed by atoms with Crippen LogP contribution < -0.4 is 0 Å². The molecule has 1 fully saturated rings. The molecular formula is C13H27N. The molecule has 14 heavy (non-hydrogen) atoms. The lowest BCUT2D eigenvalue weighted by Gasteiger charge is -2.32. The fourth-order valence-electron chi connectivity index (χ4n) is 2.44. The highest BCUT2D eigenvalue weighted by molar-refractivity contribution is 4.74. The standard InChI is InChI=1S/C13H27N/c1-5-12-6-8-13(9-7-12)10-14(4)11(2)3/h11-13H,5-10H2,1-4H3. The van der Waals surface area contributed by atoms with Gasteiger partial charge in [-0.1, -0.05) is 26.2 Å². The van der Waals surface area contributed by atoms with Crippen LogP contribution >= 0.6 is 0 Å². The van der Waals surface area contributed by atoms with Crippen LogP contribution in [0.2, 0.25) is 0 Å². The van der Waals surface area contributed by atoms with Crippen LogP contribution in [-0.4, -0.2) is 24.5 Å². The van der Waals surface area contributed by atoms with E-state index in [-0.39, 0.29) is 0 Å². The lowest BCUT2D eigenvalue weighted by Crippen LogP contribution is -2.33. The Morgan fingerprint density at radius 2 is 1.57 bits per heavy atom. The Balaban J connectivity index is 2.22. The van der Waals surface area contributed by atoms with E-state index in [1.807, 2.05) is 0 Å². The predicted molar refractivity (Wildman–Crippen MR) is 63.5 cm³/mol. The zero-order valence-electron chi connectivity index (χ0n) is 10.4. The molecule has 0 aromatic rings. The molecule has 0 amide bonds. The first-order valence-electron chi connectivity index (χ1n) is 6.33. The minimum Gasteiger partial charge on any atom is -0.304 e. The third kappa shape index (κ3) is 3.61. The summed E-state index contributed by atoms with van der Waals surface area (Å²) in [6.45, 7) is 8.23. The van der Waals surface area contributed by atoms with Gasteiger partial charge in [0.05, 0.1) is 0 Å². The van der Waals surface area contributed by atoms with Gasteiger partial charge in [0.2, 0.25) is 0 Å². The molecule has 0 bridgehead atoms. The second kappa shape index (κ2) is 5.75. The summed E-state index contributed by atoms with van der Waals surface area (Å²) in [5.41, 5.74) is 0. The molecule has 1 saturated carbocycles. The monoisotopic (exact) mass is 197 g/mol. The molecule has 0 spiro atoms. The van der Waals surface area contributed by atoms with Gasteiger partial charge in [0, 0.05) is 12.6 Å². The van der Waals surface area contributed by atoms with Crippen molar-refractivity contribution in [3.63, 3.8) is 0 Å². The minimum absolute atomic E-state index is 0.707. The van der Waals surface area contributed by atoms with Crippen molar-refractivity contribution < 1.29 is 0 Å². The Hall–Kier alpha value is -0.0400. The summed E-state index contributed by atoms with van der Waals surface area (Å²) < 4.78 is 0. The summed E-state index contributed by atoms with van der Waals surface area (Å²) in [5, 5.41) is 0. The molecule has 0 aromatic carbocycles. The van der Waals surface area contributed by atoms with E-state index >= 15 is 0 Å². The first-order valence-corrected chi connectivity index (χ1v) is 6.33. The largest absolute Gasteiger partial charge is 0.304 e. The Morgan fingerprint density at radius 1 is 1.07 bits per heavy atom. The van der Waals surface area contributed by atoms with E-state index in [1.165, 1.54) is 38.6 Å². The van der Waals surface area contributed by atoms with Gasteiger partial charge in [0.25, 0.3) is 0 Å². The maximum atomic E-state index is 2.50. The van der Waals surface area contributed by atoms with Crippen LogP contribution in [0.1, 0.15) is 52.9 Å². The molecule has 0 radical (unpaired) electrons. The summed E-state index contributed by atoms with van der Waals surface area (Å²) in [7, 11) is 2.26. The van der Waals surface area contributed by atoms with Crippen molar-refractivity contribution in [3.05, 3.63) is 0 Å². The van der Waals surface area contributed by atoms with Gasteiger partial charge < -0.3 is 4.90 Å². The quantitative estimate of drug-likeness (QED) is 0.666. The van der Waals surface area contributed by atoms with Gasteiger partial charge in [-0.15, -0.1) is 0 Å². The maximum Gasteiger partial charge on any atom is 0.00356 e. The number of nitrogens with zero attached hydrogens (tertiary/aromatic N) is 1. The van der Waals surface area contributed by atoms with Gasteiger partial charge in [0.1, 0.15) is 0 Å². The molecule has 1 nitrogen and oxygen atoms in total. The average Bonchev–Trinajstić information content (AvgIpc) is 2.19. The van der Waals surface area contributed by atoms with Crippen LogP contribution in [0.5, 0.6) is 0 Å². The molecule has 0 atom stereocenters. The van der Waals surface area contributed by atoms with E-state index < -0.39 is 0 Å². The number of rotatable bonds is 4. The van der Waals surface area contributed by atoms with E-state index in [9.17, 15) is 0 Å². The van der Waals surface area contributed by atoms with Crippen molar-refractivity contribution in [3.8, 4) is 0 Å². The molecule has 0 unspecified atom stereocenters. The minimum atomic E-state index is 0.707. The Bertz CT molecular complexity index is 145. The van der Waals surface area contributed by atoms with Gasteiger partial charge in [-0.2, -0.15) is 0 Å². The molecule has 0 saturated heterocycles. The smallest absolute Gasteiger partial charge is 0.00356 e. The third-order valence-corrected chi connectivity index (χ3v) is 3.97. The van der Waals surface area contributed by atoms with Crippen LogP contribution in [0.4, 0.5) is 0 Å². The zero-order valence-corrected chi connectivity index (χ0v) is 10.4. The van der Waals surface area contributed by atoms with E-state index in [0.717, 1.165) is 11.8 Å². The van der Waals surface area contributed by atoms with E-state index in [4.69, 9.17) is 0 Å². The molecule has 0 N–H and O–H groups in total. The van der Waals surface area contributed by atoms with Crippen molar-refractivity contribution in [2.24, 2.45) is 11.8 Å². The van der Waals surface area contributed by atoms with Gasteiger partial charge in [-0.3, -0.25) is 0 Å². The third-order valence-electron chi connectivity index (χ3n) is 3.97. The molecule has 0 aliphatic heterocycles. The first-order chi connectivity index (χ1) is 6.63. The SMILES string of the molecule is CCC1CCC(CN(C)C(C)C)CC1. The van der Waals surface area contributed by atoms with E-state index in [1.54, 1.807) is 0 Å². The Labute approximate surface area is 89.9 Å². The normalized spacial score (nSPS) is 28.7. The first kappa shape index (κ1) is 12.0. The topological polar surface area (TPSA) is 3.24 Å². The van der Waals surface area contributed by atoms with Crippen LogP contribution in [-0.2, 0) is 0 Å². The molecule has 0 aromatic heterocycles. The molecule has 1 aliphatic carbocycles. The molecular weight excluding hydrogens is 170 g/mol. The van der Waals surface area contributed by atoms with Gasteiger partial charge in [-0.05, 0) is 45.6 Å². The lowest BCUT2D eigenvalue weighted by molar-refractivity contribution is 0.178. The van der Waals surface area contributed by atoms with Crippen molar-refractivity contribution >= 4 is 0 Å². The van der Waals surface area contributed by atoms with E-state index in [2.05, 4.69) is 32.7 Å². The predicted octanol–water partition coefficient (Wildman–Crippen LogP) is 3.54.